The largest absolute Gasteiger partial charge is 0.394 e. The fourth-order valence-electron chi connectivity index (χ4n) is 1.26. The molecule has 1 aromatic carbocycles. The van der Waals surface area contributed by atoms with Crippen molar-refractivity contribution in [2.75, 3.05) is 13.2 Å². The van der Waals surface area contributed by atoms with Gasteiger partial charge in [-0.3, -0.25) is 0 Å². The van der Waals surface area contributed by atoms with E-state index >= 15 is 0 Å². The van der Waals surface area contributed by atoms with Crippen LogP contribution in [0.4, 0.5) is 0 Å². The molecule has 0 aliphatic rings. The molecule has 0 saturated carbocycles. The fourth-order valence-corrected chi connectivity index (χ4v) is 1.38. The number of hydrogen-bond donors (Lipinski definition) is 3. The molecule has 0 amide bonds. The Bertz CT molecular complexity index is 317. The number of benzene rings is 1. The van der Waals surface area contributed by atoms with E-state index in [0.717, 1.165) is 16.1 Å². The Kier molecular flexibility index (Phi) is 5.05. The smallest absolute Gasteiger partial charge is 0.0895 e. The minimum Gasteiger partial charge on any atom is -0.394 e. The minimum absolute atomic E-state index is 0.216. The van der Waals surface area contributed by atoms with Crippen molar-refractivity contribution in [1.29, 1.82) is 0 Å². The molecule has 0 spiro atoms. The van der Waals surface area contributed by atoms with E-state index in [9.17, 15) is 0 Å². The van der Waals surface area contributed by atoms with E-state index in [0.29, 0.717) is 13.1 Å². The molecule has 84 valence electrons. The van der Waals surface area contributed by atoms with Crippen LogP contribution in [-0.2, 0) is 6.54 Å². The third-order valence-electron chi connectivity index (χ3n) is 2.14. The van der Waals surface area contributed by atoms with Crippen molar-refractivity contribution in [3.63, 3.8) is 0 Å². The third kappa shape index (κ3) is 4.18. The van der Waals surface area contributed by atoms with Gasteiger partial charge in [0, 0.05) is 18.1 Å². The predicted molar refractivity (Wildman–Crippen MR) is 61.0 cm³/mol. The van der Waals surface area contributed by atoms with Gasteiger partial charge in [-0.05, 0) is 24.1 Å². The van der Waals surface area contributed by atoms with Gasteiger partial charge in [-0.2, -0.15) is 0 Å². The van der Waals surface area contributed by atoms with Gasteiger partial charge in [-0.15, -0.1) is 0 Å². The molecule has 0 aliphatic carbocycles. The Hall–Kier alpha value is -0.610. The van der Waals surface area contributed by atoms with Crippen LogP contribution in [-0.4, -0.2) is 29.5 Å². The van der Waals surface area contributed by atoms with Crippen LogP contribution in [0.5, 0.6) is 0 Å². The molecule has 1 rings (SSSR count). The maximum Gasteiger partial charge on any atom is 0.0895 e. The van der Waals surface area contributed by atoms with Crippen molar-refractivity contribution in [2.24, 2.45) is 0 Å². The summed E-state index contributed by atoms with van der Waals surface area (Å²) in [6.07, 6.45) is -0.696. The minimum atomic E-state index is -0.696. The number of aliphatic hydroxyl groups is 2. The van der Waals surface area contributed by atoms with Crippen LogP contribution in [0.25, 0.3) is 0 Å². The standard InChI is InChI=1S/C11H16ClNO2/c1-8-4-9(2-3-11(8)12)5-13-6-10(15)7-14/h2-4,10,13-15H,5-7H2,1H3/t10-/m0/s1. The van der Waals surface area contributed by atoms with Crippen molar-refractivity contribution in [3.8, 4) is 0 Å². The third-order valence-corrected chi connectivity index (χ3v) is 2.57. The molecule has 0 saturated heterocycles. The highest BCUT2D eigenvalue weighted by atomic mass is 35.5. The molecule has 0 bridgehead atoms. The average Bonchev–Trinajstić information content (AvgIpc) is 2.23. The molecule has 0 radical (unpaired) electrons. The van der Waals surface area contributed by atoms with Crippen LogP contribution in [0.3, 0.4) is 0 Å². The lowest BCUT2D eigenvalue weighted by atomic mass is 10.1. The van der Waals surface area contributed by atoms with Gasteiger partial charge in [0.25, 0.3) is 0 Å². The van der Waals surface area contributed by atoms with Crippen molar-refractivity contribution in [3.05, 3.63) is 34.3 Å². The van der Waals surface area contributed by atoms with Gasteiger partial charge in [0.2, 0.25) is 0 Å². The number of aryl methyl sites for hydroxylation is 1. The van der Waals surface area contributed by atoms with Crippen LogP contribution in [0.2, 0.25) is 5.02 Å². The first-order valence-electron chi connectivity index (χ1n) is 4.88. The van der Waals surface area contributed by atoms with Crippen molar-refractivity contribution in [1.82, 2.24) is 5.32 Å². The number of nitrogens with one attached hydrogen (secondary N) is 1. The van der Waals surface area contributed by atoms with Gasteiger partial charge in [0.05, 0.1) is 12.7 Å². The lowest BCUT2D eigenvalue weighted by molar-refractivity contribution is 0.0942. The lowest BCUT2D eigenvalue weighted by Gasteiger charge is -2.09. The summed E-state index contributed by atoms with van der Waals surface area (Å²) in [6, 6.07) is 5.80. The molecule has 0 fully saturated rings. The van der Waals surface area contributed by atoms with Crippen LogP contribution < -0.4 is 5.32 Å². The monoisotopic (exact) mass is 229 g/mol. The number of aliphatic hydroxyl groups excluding tert-OH is 2. The van der Waals surface area contributed by atoms with Crippen LogP contribution in [0, 0.1) is 6.92 Å². The Morgan fingerprint density at radius 3 is 2.80 bits per heavy atom. The van der Waals surface area contributed by atoms with E-state index in [1.54, 1.807) is 0 Å². The van der Waals surface area contributed by atoms with E-state index in [-0.39, 0.29) is 6.61 Å². The second-order valence-electron chi connectivity index (χ2n) is 3.55. The van der Waals surface area contributed by atoms with E-state index in [4.69, 9.17) is 21.8 Å². The summed E-state index contributed by atoms with van der Waals surface area (Å²) in [5, 5.41) is 21.5. The Balaban J connectivity index is 2.41. The van der Waals surface area contributed by atoms with Crippen molar-refractivity contribution in [2.45, 2.75) is 19.6 Å². The number of rotatable bonds is 5. The van der Waals surface area contributed by atoms with Gasteiger partial charge < -0.3 is 15.5 Å². The van der Waals surface area contributed by atoms with E-state index in [2.05, 4.69) is 5.32 Å². The quantitative estimate of drug-likeness (QED) is 0.709. The highest BCUT2D eigenvalue weighted by molar-refractivity contribution is 6.31. The van der Waals surface area contributed by atoms with Crippen LogP contribution in [0.15, 0.2) is 18.2 Å². The molecule has 1 atom stereocenters. The van der Waals surface area contributed by atoms with E-state index in [1.807, 2.05) is 25.1 Å². The summed E-state index contributed by atoms with van der Waals surface area (Å²) in [5.41, 5.74) is 2.15. The molecule has 0 aliphatic heterocycles. The summed E-state index contributed by atoms with van der Waals surface area (Å²) in [4.78, 5) is 0. The number of hydrogen-bond acceptors (Lipinski definition) is 3. The fraction of sp³-hybridized carbons (Fsp3) is 0.455. The first-order valence-corrected chi connectivity index (χ1v) is 5.26. The van der Waals surface area contributed by atoms with Gasteiger partial charge in [-0.25, -0.2) is 0 Å². The molecule has 3 N–H and O–H groups in total. The van der Waals surface area contributed by atoms with E-state index < -0.39 is 6.10 Å². The lowest BCUT2D eigenvalue weighted by Crippen LogP contribution is -2.28. The first-order chi connectivity index (χ1) is 7.13. The van der Waals surface area contributed by atoms with Crippen LogP contribution >= 0.6 is 11.6 Å². The average molecular weight is 230 g/mol. The Morgan fingerprint density at radius 2 is 2.20 bits per heavy atom. The second-order valence-corrected chi connectivity index (χ2v) is 3.96. The molecular formula is C11H16ClNO2. The van der Waals surface area contributed by atoms with Gasteiger partial charge in [0.15, 0.2) is 0 Å². The maximum absolute atomic E-state index is 9.10. The first kappa shape index (κ1) is 12.5. The normalized spacial score (nSPS) is 12.8. The summed E-state index contributed by atoms with van der Waals surface area (Å²) in [7, 11) is 0. The summed E-state index contributed by atoms with van der Waals surface area (Å²) < 4.78 is 0. The van der Waals surface area contributed by atoms with Gasteiger partial charge in [-0.1, -0.05) is 23.7 Å². The topological polar surface area (TPSA) is 52.5 Å². The van der Waals surface area contributed by atoms with Gasteiger partial charge in [0.1, 0.15) is 0 Å². The van der Waals surface area contributed by atoms with Crippen LogP contribution in [0.1, 0.15) is 11.1 Å². The zero-order valence-electron chi connectivity index (χ0n) is 8.70. The SMILES string of the molecule is Cc1cc(CNC[C@H](O)CO)ccc1Cl. The highest BCUT2D eigenvalue weighted by Gasteiger charge is 2.01. The zero-order chi connectivity index (χ0) is 11.3. The van der Waals surface area contributed by atoms with Crippen molar-refractivity contribution < 1.29 is 10.2 Å². The predicted octanol–water partition coefficient (Wildman–Crippen LogP) is 1.09. The zero-order valence-corrected chi connectivity index (χ0v) is 9.46. The Morgan fingerprint density at radius 1 is 1.47 bits per heavy atom. The summed E-state index contributed by atoms with van der Waals surface area (Å²) in [5.74, 6) is 0. The number of halogens is 1. The van der Waals surface area contributed by atoms with Crippen molar-refractivity contribution >= 4 is 11.6 Å². The molecule has 4 heteroatoms. The van der Waals surface area contributed by atoms with E-state index in [1.165, 1.54) is 0 Å². The molecular weight excluding hydrogens is 214 g/mol. The Labute approximate surface area is 94.7 Å². The summed E-state index contributed by atoms with van der Waals surface area (Å²) in [6.45, 7) is 2.79. The maximum atomic E-state index is 9.10. The van der Waals surface area contributed by atoms with Gasteiger partial charge >= 0.3 is 0 Å². The summed E-state index contributed by atoms with van der Waals surface area (Å²) >= 11 is 5.89. The second kappa shape index (κ2) is 6.08. The molecule has 15 heavy (non-hydrogen) atoms. The highest BCUT2D eigenvalue weighted by Crippen LogP contribution is 2.15. The molecule has 0 heterocycles. The molecule has 3 nitrogen and oxygen atoms in total. The molecule has 0 unspecified atom stereocenters. The molecule has 0 aromatic heterocycles. The molecule has 1 aromatic rings.